The molecule has 3 aromatic rings. The molecule has 0 aliphatic rings. The Balaban J connectivity index is 1.83. The fourth-order valence-corrected chi connectivity index (χ4v) is 2.44. The smallest absolute Gasteiger partial charge is 0.257 e. The van der Waals surface area contributed by atoms with E-state index in [-0.39, 0.29) is 5.91 Å². The van der Waals surface area contributed by atoms with Crippen LogP contribution in [-0.4, -0.2) is 15.5 Å². The van der Waals surface area contributed by atoms with E-state index >= 15 is 0 Å². The molecule has 0 aliphatic carbocycles. The monoisotopic (exact) mass is 355 g/mol. The quantitative estimate of drug-likeness (QED) is 0.768. The molecule has 5 heteroatoms. The fraction of sp³-hybridized carbons (Fsp3) is 0.0588. The summed E-state index contributed by atoms with van der Waals surface area (Å²) in [5.41, 5.74) is 2.60. The highest BCUT2D eigenvalue weighted by Crippen LogP contribution is 2.21. The van der Waals surface area contributed by atoms with Gasteiger partial charge in [-0.25, -0.2) is 4.98 Å². The minimum absolute atomic E-state index is 0.180. The van der Waals surface area contributed by atoms with Gasteiger partial charge >= 0.3 is 0 Å². The summed E-state index contributed by atoms with van der Waals surface area (Å²) in [6, 6.07) is 17.1. The largest absolute Gasteiger partial charge is 0.313 e. The third-order valence-electron chi connectivity index (χ3n) is 3.39. The molecular weight excluding hydrogens is 342 g/mol. The summed E-state index contributed by atoms with van der Waals surface area (Å²) < 4.78 is 2.80. The number of rotatable bonds is 3. The van der Waals surface area contributed by atoms with Crippen LogP contribution < -0.4 is 5.32 Å². The van der Waals surface area contributed by atoms with Gasteiger partial charge in [0, 0.05) is 17.1 Å². The molecule has 0 radical (unpaired) electrons. The van der Waals surface area contributed by atoms with E-state index in [1.54, 1.807) is 18.3 Å². The van der Waals surface area contributed by atoms with Crippen LogP contribution in [0.2, 0.25) is 0 Å². The molecule has 1 N–H and O–H groups in total. The number of nitrogens with zero attached hydrogens (tertiary/aromatic N) is 2. The molecule has 0 saturated carbocycles. The van der Waals surface area contributed by atoms with Gasteiger partial charge in [-0.2, -0.15) is 0 Å². The molecule has 110 valence electrons. The Morgan fingerprint density at radius 1 is 1.09 bits per heavy atom. The number of nitrogens with one attached hydrogen (secondary N) is 1. The maximum atomic E-state index is 12.2. The second-order valence-electron chi connectivity index (χ2n) is 4.85. The zero-order chi connectivity index (χ0) is 15.5. The van der Waals surface area contributed by atoms with Gasteiger partial charge in [0.05, 0.1) is 11.9 Å². The summed E-state index contributed by atoms with van der Waals surface area (Å²) in [6.07, 6.45) is 1.76. The molecule has 0 atom stereocenters. The zero-order valence-corrected chi connectivity index (χ0v) is 13.5. The standard InChI is InChI=1S/C17H14BrN3O/c1-21-15(12-5-3-2-4-6-12)11-19-17(21)20-16(22)13-7-9-14(18)10-8-13/h2-11H,1H3,(H,19,20,22). The van der Waals surface area contributed by atoms with E-state index in [9.17, 15) is 4.79 Å². The maximum Gasteiger partial charge on any atom is 0.257 e. The van der Waals surface area contributed by atoms with Gasteiger partial charge in [-0.15, -0.1) is 0 Å². The van der Waals surface area contributed by atoms with E-state index < -0.39 is 0 Å². The molecule has 1 aromatic heterocycles. The van der Waals surface area contributed by atoms with Crippen LogP contribution in [-0.2, 0) is 7.05 Å². The molecule has 4 nitrogen and oxygen atoms in total. The minimum Gasteiger partial charge on any atom is -0.313 e. The Hall–Kier alpha value is -2.40. The summed E-state index contributed by atoms with van der Waals surface area (Å²) in [7, 11) is 1.88. The molecule has 2 aromatic carbocycles. The SMILES string of the molecule is Cn1c(-c2ccccc2)cnc1NC(=O)c1ccc(Br)cc1. The van der Waals surface area contributed by atoms with Gasteiger partial charge in [0.25, 0.3) is 5.91 Å². The van der Waals surface area contributed by atoms with Gasteiger partial charge in [-0.3, -0.25) is 10.1 Å². The average Bonchev–Trinajstić information content (AvgIpc) is 2.90. The molecule has 1 amide bonds. The van der Waals surface area contributed by atoms with Crippen molar-refractivity contribution in [3.05, 3.63) is 70.8 Å². The first-order valence-corrected chi connectivity index (χ1v) is 7.58. The van der Waals surface area contributed by atoms with E-state index in [0.29, 0.717) is 11.5 Å². The van der Waals surface area contributed by atoms with Crippen LogP contribution >= 0.6 is 15.9 Å². The lowest BCUT2D eigenvalue weighted by Gasteiger charge is -2.07. The lowest BCUT2D eigenvalue weighted by atomic mass is 10.2. The fourth-order valence-electron chi connectivity index (χ4n) is 2.18. The van der Waals surface area contributed by atoms with Gasteiger partial charge in [0.2, 0.25) is 5.95 Å². The van der Waals surface area contributed by atoms with Gasteiger partial charge in [-0.05, 0) is 29.8 Å². The molecule has 0 fully saturated rings. The van der Waals surface area contributed by atoms with Crippen LogP contribution in [0.15, 0.2) is 65.3 Å². The second kappa shape index (κ2) is 6.15. The molecular formula is C17H14BrN3O. The normalized spacial score (nSPS) is 10.5. The van der Waals surface area contributed by atoms with Gasteiger partial charge < -0.3 is 4.57 Å². The van der Waals surface area contributed by atoms with Crippen molar-refractivity contribution >= 4 is 27.8 Å². The number of benzene rings is 2. The number of halogens is 1. The number of hydrogen-bond acceptors (Lipinski definition) is 2. The molecule has 0 unspecified atom stereocenters. The van der Waals surface area contributed by atoms with Crippen LogP contribution in [0.1, 0.15) is 10.4 Å². The Morgan fingerprint density at radius 3 is 2.45 bits per heavy atom. The molecule has 1 heterocycles. The predicted octanol–water partition coefficient (Wildman–Crippen LogP) is 4.10. The third kappa shape index (κ3) is 2.94. The van der Waals surface area contributed by atoms with Crippen molar-refractivity contribution in [3.63, 3.8) is 0 Å². The van der Waals surface area contributed by atoms with E-state index in [1.165, 1.54) is 0 Å². The Kier molecular flexibility index (Phi) is 4.06. The van der Waals surface area contributed by atoms with Crippen molar-refractivity contribution in [2.24, 2.45) is 7.05 Å². The predicted molar refractivity (Wildman–Crippen MR) is 90.7 cm³/mol. The number of imidazole rings is 1. The summed E-state index contributed by atoms with van der Waals surface area (Å²) >= 11 is 3.35. The highest BCUT2D eigenvalue weighted by Gasteiger charge is 2.12. The second-order valence-corrected chi connectivity index (χ2v) is 5.77. The highest BCUT2D eigenvalue weighted by molar-refractivity contribution is 9.10. The molecule has 0 spiro atoms. The van der Waals surface area contributed by atoms with Crippen molar-refractivity contribution in [3.8, 4) is 11.3 Å². The Labute approximate surface area is 136 Å². The van der Waals surface area contributed by atoms with Crippen LogP contribution in [0, 0.1) is 0 Å². The summed E-state index contributed by atoms with van der Waals surface area (Å²) in [4.78, 5) is 16.5. The number of hydrogen-bond donors (Lipinski definition) is 1. The summed E-state index contributed by atoms with van der Waals surface area (Å²) in [6.45, 7) is 0. The van der Waals surface area contributed by atoms with Gasteiger partial charge in [0.1, 0.15) is 0 Å². The van der Waals surface area contributed by atoms with E-state index in [1.807, 2.05) is 54.1 Å². The van der Waals surface area contributed by atoms with E-state index in [4.69, 9.17) is 0 Å². The Morgan fingerprint density at radius 2 is 1.77 bits per heavy atom. The topological polar surface area (TPSA) is 46.9 Å². The Bertz CT molecular complexity index is 795. The first-order chi connectivity index (χ1) is 10.6. The summed E-state index contributed by atoms with van der Waals surface area (Å²) in [5.74, 6) is 0.340. The number of amides is 1. The van der Waals surface area contributed by atoms with Crippen molar-refractivity contribution in [1.82, 2.24) is 9.55 Å². The van der Waals surface area contributed by atoms with Gasteiger partial charge in [0.15, 0.2) is 0 Å². The van der Waals surface area contributed by atoms with E-state index in [0.717, 1.165) is 15.7 Å². The highest BCUT2D eigenvalue weighted by atomic mass is 79.9. The first kappa shape index (κ1) is 14.5. The average molecular weight is 356 g/mol. The van der Waals surface area contributed by atoms with Crippen molar-refractivity contribution in [2.75, 3.05) is 5.32 Å². The van der Waals surface area contributed by atoms with Crippen LogP contribution in [0.3, 0.4) is 0 Å². The molecule has 3 rings (SSSR count). The van der Waals surface area contributed by atoms with Crippen molar-refractivity contribution in [1.29, 1.82) is 0 Å². The minimum atomic E-state index is -0.180. The molecule has 0 saturated heterocycles. The van der Waals surface area contributed by atoms with Crippen LogP contribution in [0.25, 0.3) is 11.3 Å². The lowest BCUT2D eigenvalue weighted by molar-refractivity contribution is 0.102. The third-order valence-corrected chi connectivity index (χ3v) is 3.92. The van der Waals surface area contributed by atoms with Crippen LogP contribution in [0.5, 0.6) is 0 Å². The van der Waals surface area contributed by atoms with Crippen LogP contribution in [0.4, 0.5) is 5.95 Å². The van der Waals surface area contributed by atoms with Crippen molar-refractivity contribution in [2.45, 2.75) is 0 Å². The van der Waals surface area contributed by atoms with Crippen molar-refractivity contribution < 1.29 is 4.79 Å². The maximum absolute atomic E-state index is 12.2. The number of anilines is 1. The molecule has 22 heavy (non-hydrogen) atoms. The summed E-state index contributed by atoms with van der Waals surface area (Å²) in [5, 5.41) is 2.83. The number of aromatic nitrogens is 2. The zero-order valence-electron chi connectivity index (χ0n) is 12.0. The number of carbonyl (C=O) groups is 1. The molecule has 0 bridgehead atoms. The molecule has 0 aliphatic heterocycles. The first-order valence-electron chi connectivity index (χ1n) is 6.79. The number of carbonyl (C=O) groups excluding carboxylic acids is 1. The van der Waals surface area contributed by atoms with Gasteiger partial charge in [-0.1, -0.05) is 46.3 Å². The van der Waals surface area contributed by atoms with E-state index in [2.05, 4.69) is 26.2 Å². The lowest BCUT2D eigenvalue weighted by Crippen LogP contribution is -2.15.